The Kier molecular flexibility index (Phi) is 12.2. The molecular formula is C32H38F3N7O6. The van der Waals surface area contributed by atoms with Crippen molar-refractivity contribution in [3.63, 3.8) is 0 Å². The van der Waals surface area contributed by atoms with Crippen molar-refractivity contribution in [2.45, 2.75) is 76.0 Å². The monoisotopic (exact) mass is 673 g/mol. The van der Waals surface area contributed by atoms with E-state index in [0.29, 0.717) is 70.1 Å². The molecule has 4 rings (SSSR count). The molecule has 2 saturated heterocycles. The van der Waals surface area contributed by atoms with Gasteiger partial charge in [-0.2, -0.15) is 18.4 Å². The fraction of sp³-hybridized carbons (Fsp3) is 0.531. The van der Waals surface area contributed by atoms with Gasteiger partial charge in [0.2, 0.25) is 5.82 Å². The third kappa shape index (κ3) is 10.0. The highest BCUT2D eigenvalue weighted by molar-refractivity contribution is 5.88. The summed E-state index contributed by atoms with van der Waals surface area (Å²) in [5, 5.41) is 31.5. The number of ketones is 1. The Morgan fingerprint density at radius 2 is 1.71 bits per heavy atom. The molecule has 0 unspecified atom stereocenters. The van der Waals surface area contributed by atoms with Crippen molar-refractivity contribution >= 4 is 35.4 Å². The van der Waals surface area contributed by atoms with Gasteiger partial charge < -0.3 is 30.6 Å². The number of benzene rings is 1. The number of anilines is 2. The number of nitriles is 1. The van der Waals surface area contributed by atoms with Gasteiger partial charge in [-0.05, 0) is 68.6 Å². The number of carboxylic acid groups (broad SMARTS) is 2. The van der Waals surface area contributed by atoms with Gasteiger partial charge in [0, 0.05) is 38.7 Å². The van der Waals surface area contributed by atoms with Crippen molar-refractivity contribution in [1.82, 2.24) is 20.6 Å². The van der Waals surface area contributed by atoms with E-state index in [2.05, 4.69) is 26.7 Å². The molecule has 0 radical (unpaired) electrons. The van der Waals surface area contributed by atoms with Gasteiger partial charge in [0.1, 0.15) is 17.7 Å². The van der Waals surface area contributed by atoms with Crippen molar-refractivity contribution in [3.8, 4) is 6.07 Å². The molecule has 0 spiro atoms. The van der Waals surface area contributed by atoms with Crippen molar-refractivity contribution in [2.75, 3.05) is 36.0 Å². The number of nitrogens with one attached hydrogen (secondary N) is 2. The lowest BCUT2D eigenvalue weighted by Crippen LogP contribution is -2.47. The third-order valence-electron chi connectivity index (χ3n) is 8.60. The fourth-order valence-electron chi connectivity index (χ4n) is 6.04. The van der Waals surface area contributed by atoms with Gasteiger partial charge in [-0.15, -0.1) is 0 Å². The second kappa shape index (κ2) is 16.2. The molecule has 1 aromatic heterocycles. The number of nitrogens with zero attached hydrogens (tertiary/aromatic N) is 5. The van der Waals surface area contributed by atoms with Crippen LogP contribution in [0.2, 0.25) is 0 Å². The number of aryl methyl sites for hydroxylation is 1. The molecule has 258 valence electrons. The number of amides is 2. The van der Waals surface area contributed by atoms with Gasteiger partial charge in [-0.3, -0.25) is 9.59 Å². The van der Waals surface area contributed by atoms with Crippen molar-refractivity contribution in [2.24, 2.45) is 5.92 Å². The van der Waals surface area contributed by atoms with Crippen LogP contribution in [0.5, 0.6) is 0 Å². The van der Waals surface area contributed by atoms with Crippen LogP contribution >= 0.6 is 0 Å². The zero-order chi connectivity index (χ0) is 34.8. The molecule has 2 aliphatic heterocycles. The fourth-order valence-corrected chi connectivity index (χ4v) is 6.04. The number of piperidine rings is 1. The molecule has 2 fully saturated rings. The number of carboxylic acids is 2. The maximum atomic E-state index is 13.9. The average molecular weight is 674 g/mol. The van der Waals surface area contributed by atoms with E-state index in [1.165, 1.54) is 6.07 Å². The van der Waals surface area contributed by atoms with Gasteiger partial charge in [0.05, 0.1) is 24.1 Å². The number of aliphatic carboxylic acids is 2. The molecule has 2 aliphatic rings. The molecule has 16 heteroatoms. The molecule has 2 atom stereocenters. The average Bonchev–Trinajstić information content (AvgIpc) is 3.55. The summed E-state index contributed by atoms with van der Waals surface area (Å²) in [6, 6.07) is 7.74. The quantitative estimate of drug-likeness (QED) is 0.229. The van der Waals surface area contributed by atoms with Crippen LogP contribution in [0.15, 0.2) is 30.3 Å². The lowest BCUT2D eigenvalue weighted by atomic mass is 9.93. The lowest BCUT2D eigenvalue weighted by molar-refractivity contribution is -0.145. The van der Waals surface area contributed by atoms with Crippen molar-refractivity contribution < 1.29 is 42.6 Å². The number of hydrogen-bond acceptors (Lipinski definition) is 9. The second-order valence-electron chi connectivity index (χ2n) is 12.0. The first-order valence-electron chi connectivity index (χ1n) is 15.8. The number of urea groups is 1. The summed E-state index contributed by atoms with van der Waals surface area (Å²) in [5.41, 5.74) is 1.54. The van der Waals surface area contributed by atoms with Crippen LogP contribution in [-0.4, -0.2) is 82.2 Å². The molecule has 3 heterocycles. The Bertz CT molecular complexity index is 1510. The highest BCUT2D eigenvalue weighted by Gasteiger charge is 2.38. The number of aromatic nitrogens is 2. The molecule has 13 nitrogen and oxygen atoms in total. The molecule has 0 bridgehead atoms. The van der Waals surface area contributed by atoms with Gasteiger partial charge in [0.25, 0.3) is 0 Å². The van der Waals surface area contributed by atoms with E-state index in [4.69, 9.17) is 15.5 Å². The Labute approximate surface area is 275 Å². The molecule has 2 amide bonds. The van der Waals surface area contributed by atoms with Gasteiger partial charge >= 0.3 is 24.1 Å². The largest absolute Gasteiger partial charge is 0.481 e. The standard InChI is InChI=1S/C32H38F3N7O6/c33-32(34,35)30-39-26(41-15-11-21(12-16-41)10-13-37-31(48)38-23(29(46)47)17-28(44)45)18-27(40-30)42-14-2-4-24(42)25(43)5-1-3-20-6-8-22(19-36)9-7-20/h6-9,18,21,23-24H,1-5,10-17H2,(H,44,45)(H,46,47)(H2,37,38,48)/t23-,24+/m1/s1. The minimum atomic E-state index is -4.79. The van der Waals surface area contributed by atoms with Crippen molar-refractivity contribution in [1.29, 1.82) is 5.26 Å². The van der Waals surface area contributed by atoms with Crippen LogP contribution in [0, 0.1) is 17.2 Å². The maximum Gasteiger partial charge on any atom is 0.451 e. The molecule has 4 N–H and O–H groups in total. The smallest absolute Gasteiger partial charge is 0.451 e. The minimum absolute atomic E-state index is 0.0571. The zero-order valence-electron chi connectivity index (χ0n) is 26.2. The van der Waals surface area contributed by atoms with Crippen LogP contribution in [0.25, 0.3) is 0 Å². The topological polar surface area (TPSA) is 189 Å². The highest BCUT2D eigenvalue weighted by Crippen LogP contribution is 2.34. The molecule has 0 aliphatic carbocycles. The number of hydrogen-bond donors (Lipinski definition) is 4. The van der Waals surface area contributed by atoms with Crippen LogP contribution in [0.1, 0.15) is 68.3 Å². The Morgan fingerprint density at radius 3 is 2.33 bits per heavy atom. The predicted octanol–water partition coefficient (Wildman–Crippen LogP) is 3.76. The van der Waals surface area contributed by atoms with E-state index < -0.39 is 48.5 Å². The first-order valence-corrected chi connectivity index (χ1v) is 15.8. The third-order valence-corrected chi connectivity index (χ3v) is 8.60. The summed E-state index contributed by atoms with van der Waals surface area (Å²) < 4.78 is 41.8. The second-order valence-corrected chi connectivity index (χ2v) is 12.0. The number of carbonyl (C=O) groups excluding carboxylic acids is 2. The van der Waals surface area contributed by atoms with Crippen molar-refractivity contribution in [3.05, 3.63) is 47.3 Å². The first-order chi connectivity index (χ1) is 22.8. The number of alkyl halides is 3. The highest BCUT2D eigenvalue weighted by atomic mass is 19.4. The number of rotatable bonds is 14. The first kappa shape index (κ1) is 35.9. The Hall–Kier alpha value is -4.94. The van der Waals surface area contributed by atoms with E-state index >= 15 is 0 Å². The van der Waals surface area contributed by atoms with E-state index in [0.717, 1.165) is 5.56 Å². The van der Waals surface area contributed by atoms with E-state index in [-0.39, 0.29) is 36.3 Å². The number of carbonyl (C=O) groups is 4. The molecule has 0 saturated carbocycles. The van der Waals surface area contributed by atoms with E-state index in [1.54, 1.807) is 21.9 Å². The molecule has 48 heavy (non-hydrogen) atoms. The zero-order valence-corrected chi connectivity index (χ0v) is 26.2. The summed E-state index contributed by atoms with van der Waals surface area (Å²) in [4.78, 5) is 58.3. The SMILES string of the molecule is N#Cc1ccc(CCCC(=O)[C@@H]2CCCN2c2cc(N3CCC(CCNC(=O)N[C@H](CC(=O)O)C(=O)O)CC3)nc(C(F)(F)F)n2)cc1. The minimum Gasteiger partial charge on any atom is -0.481 e. The summed E-state index contributed by atoms with van der Waals surface area (Å²) in [6.07, 6.45) is -1.20. The maximum absolute atomic E-state index is 13.9. The number of Topliss-reactive ketones (excluding diaryl/α,β-unsaturated/α-hetero) is 1. The van der Waals surface area contributed by atoms with Gasteiger partial charge in [-0.1, -0.05) is 12.1 Å². The predicted molar refractivity (Wildman–Crippen MR) is 166 cm³/mol. The van der Waals surface area contributed by atoms with E-state index in [1.807, 2.05) is 12.1 Å². The van der Waals surface area contributed by atoms with Crippen LogP contribution in [0.4, 0.5) is 29.6 Å². The summed E-state index contributed by atoms with van der Waals surface area (Å²) in [7, 11) is 0. The van der Waals surface area contributed by atoms with Gasteiger partial charge in [0.15, 0.2) is 5.78 Å². The number of halogens is 3. The summed E-state index contributed by atoms with van der Waals surface area (Å²) >= 11 is 0. The molecule has 1 aromatic carbocycles. The van der Waals surface area contributed by atoms with Crippen LogP contribution < -0.4 is 20.4 Å². The Morgan fingerprint density at radius 1 is 1.02 bits per heavy atom. The van der Waals surface area contributed by atoms with Crippen LogP contribution in [0.3, 0.4) is 0 Å². The molecular weight excluding hydrogens is 635 g/mol. The summed E-state index contributed by atoms with van der Waals surface area (Å²) in [6.45, 7) is 1.40. The summed E-state index contributed by atoms with van der Waals surface area (Å²) in [5.74, 6) is -3.84. The van der Waals surface area contributed by atoms with E-state index in [9.17, 15) is 32.3 Å². The Balaban J connectivity index is 1.33. The lowest BCUT2D eigenvalue weighted by Gasteiger charge is -2.34. The molecule has 2 aromatic rings. The normalized spacial score (nSPS) is 17.4. The van der Waals surface area contributed by atoms with Crippen LogP contribution in [-0.2, 0) is 27.0 Å². The van der Waals surface area contributed by atoms with Gasteiger partial charge in [-0.25, -0.2) is 19.6 Å².